The van der Waals surface area contributed by atoms with Crippen molar-refractivity contribution in [2.75, 3.05) is 18.2 Å². The van der Waals surface area contributed by atoms with E-state index in [4.69, 9.17) is 16.3 Å². The van der Waals surface area contributed by atoms with Crippen LogP contribution in [0, 0.1) is 0 Å². The zero-order chi connectivity index (χ0) is 25.1. The number of sulfone groups is 1. The fraction of sp³-hybridized carbons (Fsp3) is 0.150. The standard InChI is InChI=1S/C20H15ClF3N3O5S2/c1-32-15-6-5-12(21)8-14(15)26-17(28)10-33-19-25-9-16(18(29)27-19)34(30,31)13-4-2-3-11(7-13)20(22,23)24/h2-9H,10H2,1H3,(H,26,28)(H,25,27,29). The van der Waals surface area contributed by atoms with Crippen LogP contribution in [0.1, 0.15) is 5.56 Å². The second-order valence-electron chi connectivity index (χ2n) is 6.59. The topological polar surface area (TPSA) is 118 Å². The van der Waals surface area contributed by atoms with Gasteiger partial charge in [-0.15, -0.1) is 0 Å². The summed E-state index contributed by atoms with van der Waals surface area (Å²) in [7, 11) is -3.16. The Bertz CT molecular complexity index is 1390. The monoisotopic (exact) mass is 533 g/mol. The average Bonchev–Trinajstić information content (AvgIpc) is 2.77. The number of aromatic nitrogens is 2. The van der Waals surface area contributed by atoms with Gasteiger partial charge in [0.15, 0.2) is 10.1 Å². The molecule has 3 aromatic rings. The molecule has 3 rings (SSSR count). The molecule has 0 aliphatic heterocycles. The van der Waals surface area contributed by atoms with E-state index in [0.29, 0.717) is 28.6 Å². The maximum absolute atomic E-state index is 12.9. The molecule has 0 spiro atoms. The largest absolute Gasteiger partial charge is 0.495 e. The number of carbonyl (C=O) groups is 1. The van der Waals surface area contributed by atoms with Crippen molar-refractivity contribution in [3.8, 4) is 5.75 Å². The zero-order valence-electron chi connectivity index (χ0n) is 17.1. The van der Waals surface area contributed by atoms with Gasteiger partial charge in [0.1, 0.15) is 5.75 Å². The second-order valence-corrected chi connectivity index (χ2v) is 9.91. The number of aromatic amines is 1. The van der Waals surface area contributed by atoms with Gasteiger partial charge in [0.25, 0.3) is 5.56 Å². The van der Waals surface area contributed by atoms with Crippen molar-refractivity contribution in [1.82, 2.24) is 9.97 Å². The number of benzene rings is 2. The highest BCUT2D eigenvalue weighted by atomic mass is 35.5. The summed E-state index contributed by atoms with van der Waals surface area (Å²) >= 11 is 6.71. The number of hydrogen-bond acceptors (Lipinski definition) is 7. The lowest BCUT2D eigenvalue weighted by molar-refractivity contribution is -0.137. The molecule has 0 fully saturated rings. The number of nitrogens with one attached hydrogen (secondary N) is 2. The average molecular weight is 534 g/mol. The SMILES string of the molecule is COc1ccc(Cl)cc1NC(=O)CSc1ncc(S(=O)(=O)c2cccc(C(F)(F)F)c2)c(=O)[nH]1. The molecule has 8 nitrogen and oxygen atoms in total. The van der Waals surface area contributed by atoms with Crippen LogP contribution in [-0.4, -0.2) is 37.2 Å². The maximum Gasteiger partial charge on any atom is 0.416 e. The van der Waals surface area contributed by atoms with Gasteiger partial charge < -0.3 is 15.0 Å². The Morgan fingerprint density at radius 2 is 1.97 bits per heavy atom. The zero-order valence-corrected chi connectivity index (χ0v) is 19.5. The predicted octanol–water partition coefficient (Wildman–Crippen LogP) is 4.01. The number of methoxy groups -OCH3 is 1. The third-order valence-electron chi connectivity index (χ3n) is 4.28. The number of amides is 1. The first-order chi connectivity index (χ1) is 15.9. The summed E-state index contributed by atoms with van der Waals surface area (Å²) in [6.07, 6.45) is -4.03. The van der Waals surface area contributed by atoms with Gasteiger partial charge in [-0.25, -0.2) is 13.4 Å². The predicted molar refractivity (Wildman–Crippen MR) is 119 cm³/mol. The van der Waals surface area contributed by atoms with Crippen LogP contribution >= 0.6 is 23.4 Å². The molecule has 0 unspecified atom stereocenters. The summed E-state index contributed by atoms with van der Waals surface area (Å²) in [6.45, 7) is 0. The summed E-state index contributed by atoms with van der Waals surface area (Å²) in [4.78, 5) is 29.1. The molecule has 14 heteroatoms. The first-order valence-corrected chi connectivity index (χ1v) is 12.0. The fourth-order valence-corrected chi connectivity index (χ4v) is 4.78. The molecule has 0 aliphatic rings. The number of halogens is 4. The molecule has 0 saturated carbocycles. The van der Waals surface area contributed by atoms with E-state index in [1.807, 2.05) is 0 Å². The van der Waals surface area contributed by atoms with Gasteiger partial charge in [-0.2, -0.15) is 13.2 Å². The van der Waals surface area contributed by atoms with Crippen molar-refractivity contribution in [2.24, 2.45) is 0 Å². The van der Waals surface area contributed by atoms with Crippen LogP contribution in [0.2, 0.25) is 5.02 Å². The van der Waals surface area contributed by atoms with E-state index >= 15 is 0 Å². The molecule has 2 N–H and O–H groups in total. The third-order valence-corrected chi connectivity index (χ3v) is 7.15. The lowest BCUT2D eigenvalue weighted by Crippen LogP contribution is -2.20. The number of carbonyl (C=O) groups excluding carboxylic acids is 1. The Balaban J connectivity index is 1.75. The molecule has 1 heterocycles. The molecule has 0 bridgehead atoms. The van der Waals surface area contributed by atoms with E-state index in [1.165, 1.54) is 13.2 Å². The molecule has 0 atom stereocenters. The van der Waals surface area contributed by atoms with Gasteiger partial charge in [-0.3, -0.25) is 9.59 Å². The van der Waals surface area contributed by atoms with Crippen LogP contribution in [0.4, 0.5) is 18.9 Å². The van der Waals surface area contributed by atoms with E-state index in [1.54, 1.807) is 12.1 Å². The second kappa shape index (κ2) is 10.1. The molecular formula is C20H15ClF3N3O5S2. The normalized spacial score (nSPS) is 11.8. The number of rotatable bonds is 7. The summed E-state index contributed by atoms with van der Waals surface area (Å²) in [5, 5.41) is 2.88. The van der Waals surface area contributed by atoms with Crippen molar-refractivity contribution >= 4 is 44.8 Å². The molecule has 34 heavy (non-hydrogen) atoms. The Hall–Kier alpha value is -3.03. The number of hydrogen-bond donors (Lipinski definition) is 2. The van der Waals surface area contributed by atoms with Crippen LogP contribution in [0.15, 0.2) is 68.4 Å². The van der Waals surface area contributed by atoms with E-state index in [0.717, 1.165) is 30.1 Å². The molecule has 2 aromatic carbocycles. The number of H-pyrrole nitrogens is 1. The van der Waals surface area contributed by atoms with E-state index in [2.05, 4.69) is 15.3 Å². The highest BCUT2D eigenvalue weighted by molar-refractivity contribution is 7.99. The van der Waals surface area contributed by atoms with Gasteiger partial charge >= 0.3 is 6.18 Å². The van der Waals surface area contributed by atoms with Gasteiger partial charge in [0.2, 0.25) is 15.7 Å². The van der Waals surface area contributed by atoms with Gasteiger partial charge in [-0.1, -0.05) is 29.4 Å². The molecular weight excluding hydrogens is 519 g/mol. The molecule has 0 radical (unpaired) electrons. The highest BCUT2D eigenvalue weighted by Gasteiger charge is 2.32. The molecule has 0 saturated heterocycles. The van der Waals surface area contributed by atoms with Crippen molar-refractivity contribution in [3.05, 3.63) is 69.6 Å². The van der Waals surface area contributed by atoms with E-state index in [9.17, 15) is 31.2 Å². The quantitative estimate of drug-likeness (QED) is 0.348. The van der Waals surface area contributed by atoms with Crippen molar-refractivity contribution < 1.29 is 31.1 Å². The first-order valence-electron chi connectivity index (χ1n) is 9.19. The summed E-state index contributed by atoms with van der Waals surface area (Å²) in [5.74, 6) is -0.328. The third kappa shape index (κ3) is 5.90. The highest BCUT2D eigenvalue weighted by Crippen LogP contribution is 2.31. The fourth-order valence-electron chi connectivity index (χ4n) is 2.70. The lowest BCUT2D eigenvalue weighted by atomic mass is 10.2. The molecule has 180 valence electrons. The molecule has 0 aliphatic carbocycles. The molecule has 1 amide bonds. The Labute approximate surface area is 200 Å². The summed E-state index contributed by atoms with van der Waals surface area (Å²) in [6, 6.07) is 7.64. The minimum atomic E-state index is -4.76. The summed E-state index contributed by atoms with van der Waals surface area (Å²) in [5.41, 5.74) is -1.94. The van der Waals surface area contributed by atoms with E-state index < -0.39 is 42.8 Å². The number of alkyl halides is 3. The summed E-state index contributed by atoms with van der Waals surface area (Å²) < 4.78 is 69.2. The Morgan fingerprint density at radius 1 is 1.24 bits per heavy atom. The van der Waals surface area contributed by atoms with Crippen LogP contribution in [0.25, 0.3) is 0 Å². The van der Waals surface area contributed by atoms with E-state index in [-0.39, 0.29) is 10.9 Å². The van der Waals surface area contributed by atoms with Crippen LogP contribution in [0.5, 0.6) is 5.75 Å². The van der Waals surface area contributed by atoms with Crippen molar-refractivity contribution in [1.29, 1.82) is 0 Å². The van der Waals surface area contributed by atoms with Crippen LogP contribution in [-0.2, 0) is 20.8 Å². The number of nitrogens with zero attached hydrogens (tertiary/aromatic N) is 1. The molecule has 1 aromatic heterocycles. The minimum absolute atomic E-state index is 0.0683. The Morgan fingerprint density at radius 3 is 2.62 bits per heavy atom. The number of ether oxygens (including phenoxy) is 1. The van der Waals surface area contributed by atoms with Crippen molar-refractivity contribution in [3.63, 3.8) is 0 Å². The smallest absolute Gasteiger partial charge is 0.416 e. The Kier molecular flexibility index (Phi) is 7.58. The van der Waals surface area contributed by atoms with Gasteiger partial charge in [0.05, 0.1) is 35.2 Å². The minimum Gasteiger partial charge on any atom is -0.495 e. The van der Waals surface area contributed by atoms with Crippen molar-refractivity contribution in [2.45, 2.75) is 21.1 Å². The van der Waals surface area contributed by atoms with Gasteiger partial charge in [-0.05, 0) is 36.4 Å². The van der Waals surface area contributed by atoms with Crippen LogP contribution in [0.3, 0.4) is 0 Å². The first kappa shape index (κ1) is 25.6. The lowest BCUT2D eigenvalue weighted by Gasteiger charge is -2.10. The van der Waals surface area contributed by atoms with Gasteiger partial charge in [0, 0.05) is 5.02 Å². The number of anilines is 1. The maximum atomic E-state index is 12.9. The number of thioether (sulfide) groups is 1. The van der Waals surface area contributed by atoms with Crippen LogP contribution < -0.4 is 15.6 Å².